The van der Waals surface area contributed by atoms with Crippen molar-refractivity contribution in [1.29, 1.82) is 0 Å². The Hall–Kier alpha value is -0.120. The number of aliphatic hydroxyl groups is 1. The molecule has 2 fully saturated rings. The Balaban J connectivity index is 1.65. The molecule has 106 valence electrons. The van der Waals surface area contributed by atoms with Crippen molar-refractivity contribution in [3.8, 4) is 0 Å². The highest BCUT2D eigenvalue weighted by Crippen LogP contribution is 2.33. The van der Waals surface area contributed by atoms with Crippen molar-refractivity contribution < 1.29 is 9.84 Å². The monoisotopic (exact) mass is 255 g/mol. The van der Waals surface area contributed by atoms with Crippen molar-refractivity contribution in [1.82, 2.24) is 5.32 Å². The van der Waals surface area contributed by atoms with Gasteiger partial charge < -0.3 is 15.2 Å². The second kappa shape index (κ2) is 6.88. The van der Waals surface area contributed by atoms with Crippen molar-refractivity contribution in [3.05, 3.63) is 0 Å². The van der Waals surface area contributed by atoms with Crippen LogP contribution in [-0.4, -0.2) is 36.5 Å². The van der Waals surface area contributed by atoms with Crippen LogP contribution in [0.4, 0.5) is 0 Å². The van der Waals surface area contributed by atoms with Gasteiger partial charge in [-0.1, -0.05) is 26.2 Å². The van der Waals surface area contributed by atoms with E-state index in [2.05, 4.69) is 12.2 Å². The topological polar surface area (TPSA) is 41.5 Å². The average molecular weight is 255 g/mol. The Bertz CT molecular complexity index is 243. The molecule has 0 aromatic rings. The quantitative estimate of drug-likeness (QED) is 0.700. The summed E-state index contributed by atoms with van der Waals surface area (Å²) < 4.78 is 6.00. The fourth-order valence-corrected chi connectivity index (χ4v) is 3.15. The summed E-state index contributed by atoms with van der Waals surface area (Å²) >= 11 is 0. The molecule has 0 aromatic carbocycles. The zero-order valence-corrected chi connectivity index (χ0v) is 11.8. The van der Waals surface area contributed by atoms with Gasteiger partial charge in [-0.2, -0.15) is 0 Å². The molecule has 0 bridgehead atoms. The lowest BCUT2D eigenvalue weighted by Crippen LogP contribution is -2.47. The molecule has 0 radical (unpaired) electrons. The summed E-state index contributed by atoms with van der Waals surface area (Å²) in [5, 5.41) is 13.1. The van der Waals surface area contributed by atoms with Crippen molar-refractivity contribution in [2.24, 2.45) is 5.92 Å². The number of rotatable bonds is 8. The zero-order chi connectivity index (χ0) is 12.8. The van der Waals surface area contributed by atoms with Crippen molar-refractivity contribution in [2.75, 3.05) is 19.8 Å². The Labute approximate surface area is 111 Å². The molecule has 3 nitrogen and oxygen atoms in total. The second-order valence-electron chi connectivity index (χ2n) is 6.19. The summed E-state index contributed by atoms with van der Waals surface area (Å²) in [6.45, 7) is 4.33. The number of ether oxygens (including phenoxy) is 1. The van der Waals surface area contributed by atoms with Gasteiger partial charge in [-0.15, -0.1) is 0 Å². The first-order valence-electron chi connectivity index (χ1n) is 7.75. The largest absolute Gasteiger partial charge is 0.394 e. The van der Waals surface area contributed by atoms with Gasteiger partial charge in [-0.3, -0.25) is 0 Å². The summed E-state index contributed by atoms with van der Waals surface area (Å²) in [5.41, 5.74) is -0.0584. The average Bonchev–Trinajstić information content (AvgIpc) is 2.74. The van der Waals surface area contributed by atoms with Crippen LogP contribution in [0.25, 0.3) is 0 Å². The minimum absolute atomic E-state index is 0.0584. The van der Waals surface area contributed by atoms with Crippen LogP contribution in [0.3, 0.4) is 0 Å². The van der Waals surface area contributed by atoms with Crippen LogP contribution in [0, 0.1) is 5.92 Å². The third-order valence-electron chi connectivity index (χ3n) is 4.72. The van der Waals surface area contributed by atoms with E-state index in [1.165, 1.54) is 25.7 Å². The summed E-state index contributed by atoms with van der Waals surface area (Å²) in [6.07, 6.45) is 10.1. The number of aliphatic hydroxyl groups excluding tert-OH is 1. The maximum absolute atomic E-state index is 9.60. The van der Waals surface area contributed by atoms with E-state index in [1.807, 2.05) is 0 Å². The van der Waals surface area contributed by atoms with E-state index in [1.54, 1.807) is 0 Å². The zero-order valence-electron chi connectivity index (χ0n) is 11.8. The highest BCUT2D eigenvalue weighted by Gasteiger charge is 2.38. The van der Waals surface area contributed by atoms with Gasteiger partial charge in [0.1, 0.15) is 0 Å². The predicted octanol–water partition coefficient (Wildman–Crippen LogP) is 2.48. The van der Waals surface area contributed by atoms with Gasteiger partial charge in [-0.05, 0) is 44.6 Å². The molecule has 2 atom stereocenters. The third-order valence-corrected chi connectivity index (χ3v) is 4.72. The highest BCUT2D eigenvalue weighted by atomic mass is 16.5. The molecule has 0 saturated heterocycles. The summed E-state index contributed by atoms with van der Waals surface area (Å²) in [5.74, 6) is 0.937. The Morgan fingerprint density at radius 1 is 1.33 bits per heavy atom. The van der Waals surface area contributed by atoms with Crippen LogP contribution in [0.1, 0.15) is 58.3 Å². The molecule has 2 rings (SSSR count). The fourth-order valence-electron chi connectivity index (χ4n) is 3.15. The standard InChI is InChI=1S/C15H29NO2/c1-2-9-16-15(12-17)8-6-14(11-15)18-10-7-13-4-3-5-13/h13-14,16-17H,2-12H2,1H3. The lowest BCUT2D eigenvalue weighted by Gasteiger charge is -2.29. The molecule has 0 spiro atoms. The summed E-state index contributed by atoms with van der Waals surface area (Å²) in [6, 6.07) is 0. The van der Waals surface area contributed by atoms with Gasteiger partial charge in [-0.25, -0.2) is 0 Å². The molecule has 18 heavy (non-hydrogen) atoms. The second-order valence-corrected chi connectivity index (χ2v) is 6.19. The van der Waals surface area contributed by atoms with E-state index in [0.717, 1.165) is 44.8 Å². The SMILES string of the molecule is CCCNC1(CO)CCC(OCCC2CCC2)C1. The van der Waals surface area contributed by atoms with E-state index in [4.69, 9.17) is 4.74 Å². The van der Waals surface area contributed by atoms with Crippen molar-refractivity contribution in [2.45, 2.75) is 69.9 Å². The highest BCUT2D eigenvalue weighted by molar-refractivity contribution is 4.96. The first-order valence-corrected chi connectivity index (χ1v) is 7.75. The lowest BCUT2D eigenvalue weighted by molar-refractivity contribution is 0.0332. The molecule has 0 aromatic heterocycles. The molecule has 0 heterocycles. The van der Waals surface area contributed by atoms with E-state index in [9.17, 15) is 5.11 Å². The van der Waals surface area contributed by atoms with Crippen LogP contribution in [-0.2, 0) is 4.74 Å². The van der Waals surface area contributed by atoms with Crippen LogP contribution in [0.15, 0.2) is 0 Å². The Morgan fingerprint density at radius 2 is 2.17 bits per heavy atom. The van der Waals surface area contributed by atoms with E-state index in [-0.39, 0.29) is 12.1 Å². The number of nitrogens with one attached hydrogen (secondary N) is 1. The van der Waals surface area contributed by atoms with E-state index < -0.39 is 0 Å². The minimum Gasteiger partial charge on any atom is -0.394 e. The maximum Gasteiger partial charge on any atom is 0.0614 e. The maximum atomic E-state index is 9.60. The van der Waals surface area contributed by atoms with Crippen LogP contribution in [0.5, 0.6) is 0 Å². The first-order chi connectivity index (χ1) is 8.78. The van der Waals surface area contributed by atoms with Gasteiger partial charge in [0, 0.05) is 12.1 Å². The predicted molar refractivity (Wildman–Crippen MR) is 73.7 cm³/mol. The molecule has 2 aliphatic carbocycles. The first kappa shape index (κ1) is 14.3. The molecule has 3 heteroatoms. The molecular formula is C15H29NO2. The van der Waals surface area contributed by atoms with Gasteiger partial charge in [0.05, 0.1) is 12.7 Å². The van der Waals surface area contributed by atoms with Gasteiger partial charge in [0.2, 0.25) is 0 Å². The molecule has 2 unspecified atom stereocenters. The number of hydrogen-bond donors (Lipinski definition) is 2. The molecule has 2 saturated carbocycles. The third kappa shape index (κ3) is 3.69. The van der Waals surface area contributed by atoms with Gasteiger partial charge in [0.25, 0.3) is 0 Å². The smallest absolute Gasteiger partial charge is 0.0614 e. The number of hydrogen-bond acceptors (Lipinski definition) is 3. The summed E-state index contributed by atoms with van der Waals surface area (Å²) in [7, 11) is 0. The van der Waals surface area contributed by atoms with Gasteiger partial charge in [0.15, 0.2) is 0 Å². The fraction of sp³-hybridized carbons (Fsp3) is 1.00. The lowest BCUT2D eigenvalue weighted by atomic mass is 9.83. The van der Waals surface area contributed by atoms with Gasteiger partial charge >= 0.3 is 0 Å². The van der Waals surface area contributed by atoms with Crippen molar-refractivity contribution in [3.63, 3.8) is 0 Å². The molecule has 0 aliphatic heterocycles. The molecule has 2 aliphatic rings. The van der Waals surface area contributed by atoms with Crippen LogP contribution in [0.2, 0.25) is 0 Å². The summed E-state index contributed by atoms with van der Waals surface area (Å²) in [4.78, 5) is 0. The van der Waals surface area contributed by atoms with Crippen LogP contribution < -0.4 is 5.32 Å². The van der Waals surface area contributed by atoms with E-state index in [0.29, 0.717) is 6.10 Å². The molecular weight excluding hydrogens is 226 g/mol. The normalized spacial score (nSPS) is 32.7. The Kier molecular flexibility index (Phi) is 5.46. The van der Waals surface area contributed by atoms with E-state index >= 15 is 0 Å². The van der Waals surface area contributed by atoms with Crippen LogP contribution >= 0.6 is 0 Å². The molecule has 2 N–H and O–H groups in total. The Morgan fingerprint density at radius 3 is 2.78 bits per heavy atom. The van der Waals surface area contributed by atoms with Crippen molar-refractivity contribution >= 4 is 0 Å². The molecule has 0 amide bonds. The minimum atomic E-state index is -0.0584.